The number of nitrogens with one attached hydrogen (secondary N) is 1. The third-order valence-electron chi connectivity index (χ3n) is 2.56. The van der Waals surface area contributed by atoms with Gasteiger partial charge in [0.25, 0.3) is 0 Å². The molecule has 3 heteroatoms. The Kier molecular flexibility index (Phi) is 7.99. The molecule has 0 fully saturated rings. The first-order valence-electron chi connectivity index (χ1n) is 6.31. The SMILES string of the molecule is CCCSCC(Cc1ccc(Br)cc1)NCC. The van der Waals surface area contributed by atoms with Crippen molar-refractivity contribution in [3.63, 3.8) is 0 Å². The number of hydrogen-bond acceptors (Lipinski definition) is 2. The second kappa shape index (κ2) is 9.01. The minimum absolute atomic E-state index is 0.595. The first-order valence-corrected chi connectivity index (χ1v) is 8.26. The molecule has 17 heavy (non-hydrogen) atoms. The van der Waals surface area contributed by atoms with Crippen LogP contribution in [0.5, 0.6) is 0 Å². The molecule has 1 N–H and O–H groups in total. The van der Waals surface area contributed by atoms with Gasteiger partial charge in [0.15, 0.2) is 0 Å². The van der Waals surface area contributed by atoms with Gasteiger partial charge in [0.05, 0.1) is 0 Å². The van der Waals surface area contributed by atoms with Crippen LogP contribution >= 0.6 is 27.7 Å². The van der Waals surface area contributed by atoms with Crippen molar-refractivity contribution < 1.29 is 0 Å². The minimum atomic E-state index is 0.595. The van der Waals surface area contributed by atoms with Crippen LogP contribution in [0.2, 0.25) is 0 Å². The van der Waals surface area contributed by atoms with Gasteiger partial charge in [-0.25, -0.2) is 0 Å². The quantitative estimate of drug-likeness (QED) is 0.724. The van der Waals surface area contributed by atoms with Gasteiger partial charge in [0, 0.05) is 16.3 Å². The standard InChI is InChI=1S/C14H22BrNS/c1-3-9-17-11-14(16-4-2)10-12-5-7-13(15)8-6-12/h5-8,14,16H,3-4,9-11H2,1-2H3. The fraction of sp³-hybridized carbons (Fsp3) is 0.571. The van der Waals surface area contributed by atoms with E-state index in [4.69, 9.17) is 0 Å². The highest BCUT2D eigenvalue weighted by molar-refractivity contribution is 9.10. The van der Waals surface area contributed by atoms with E-state index in [9.17, 15) is 0 Å². The molecule has 1 rings (SSSR count). The van der Waals surface area contributed by atoms with Crippen LogP contribution in [0, 0.1) is 0 Å². The Morgan fingerprint density at radius 1 is 1.24 bits per heavy atom. The highest BCUT2D eigenvalue weighted by Crippen LogP contribution is 2.14. The highest BCUT2D eigenvalue weighted by Gasteiger charge is 2.08. The van der Waals surface area contributed by atoms with E-state index in [2.05, 4.69) is 71.1 Å². The topological polar surface area (TPSA) is 12.0 Å². The van der Waals surface area contributed by atoms with Gasteiger partial charge in [-0.3, -0.25) is 0 Å². The molecule has 0 spiro atoms. The molecule has 0 amide bonds. The lowest BCUT2D eigenvalue weighted by Crippen LogP contribution is -2.33. The predicted octanol–water partition coefficient (Wildman–Crippen LogP) is 4.11. The third kappa shape index (κ3) is 6.49. The first kappa shape index (κ1) is 15.1. The van der Waals surface area contributed by atoms with Crippen LogP contribution in [0.4, 0.5) is 0 Å². The average Bonchev–Trinajstić information content (AvgIpc) is 2.32. The van der Waals surface area contributed by atoms with Gasteiger partial charge in [-0.2, -0.15) is 11.8 Å². The lowest BCUT2D eigenvalue weighted by Gasteiger charge is -2.17. The van der Waals surface area contributed by atoms with Crippen LogP contribution in [0.3, 0.4) is 0 Å². The number of rotatable bonds is 8. The Balaban J connectivity index is 2.44. The molecule has 1 unspecified atom stereocenters. The first-order chi connectivity index (χ1) is 8.26. The van der Waals surface area contributed by atoms with Crippen molar-refractivity contribution in [2.75, 3.05) is 18.1 Å². The molecule has 0 aliphatic rings. The summed E-state index contributed by atoms with van der Waals surface area (Å²) >= 11 is 5.53. The number of benzene rings is 1. The van der Waals surface area contributed by atoms with E-state index in [0.29, 0.717) is 6.04 Å². The van der Waals surface area contributed by atoms with E-state index < -0.39 is 0 Å². The molecule has 96 valence electrons. The van der Waals surface area contributed by atoms with Crippen molar-refractivity contribution >= 4 is 27.7 Å². The highest BCUT2D eigenvalue weighted by atomic mass is 79.9. The fourth-order valence-electron chi connectivity index (χ4n) is 1.75. The van der Waals surface area contributed by atoms with Crippen molar-refractivity contribution in [2.24, 2.45) is 0 Å². The summed E-state index contributed by atoms with van der Waals surface area (Å²) in [4.78, 5) is 0. The summed E-state index contributed by atoms with van der Waals surface area (Å²) < 4.78 is 1.15. The van der Waals surface area contributed by atoms with Gasteiger partial charge in [0.2, 0.25) is 0 Å². The van der Waals surface area contributed by atoms with E-state index in [0.717, 1.165) is 17.4 Å². The molecule has 0 saturated heterocycles. The van der Waals surface area contributed by atoms with E-state index in [1.54, 1.807) is 0 Å². The van der Waals surface area contributed by atoms with Crippen LogP contribution in [-0.2, 0) is 6.42 Å². The lowest BCUT2D eigenvalue weighted by molar-refractivity contribution is 0.572. The molecule has 1 aromatic rings. The molecule has 0 heterocycles. The third-order valence-corrected chi connectivity index (χ3v) is 4.42. The second-order valence-corrected chi connectivity index (χ2v) is 6.23. The molecule has 1 nitrogen and oxygen atoms in total. The summed E-state index contributed by atoms with van der Waals surface area (Å²) in [5.41, 5.74) is 1.41. The lowest BCUT2D eigenvalue weighted by atomic mass is 10.1. The summed E-state index contributed by atoms with van der Waals surface area (Å²) in [6.45, 7) is 5.47. The van der Waals surface area contributed by atoms with Crippen molar-refractivity contribution in [3.8, 4) is 0 Å². The Hall–Kier alpha value is 0.01000. The van der Waals surface area contributed by atoms with Gasteiger partial charge in [-0.1, -0.05) is 41.9 Å². The summed E-state index contributed by atoms with van der Waals surface area (Å²) in [6.07, 6.45) is 2.39. The van der Waals surface area contributed by atoms with Crippen LogP contribution in [-0.4, -0.2) is 24.1 Å². The summed E-state index contributed by atoms with van der Waals surface area (Å²) in [7, 11) is 0. The van der Waals surface area contributed by atoms with E-state index in [1.807, 2.05) is 0 Å². The van der Waals surface area contributed by atoms with Crippen LogP contribution in [0.15, 0.2) is 28.7 Å². The van der Waals surface area contributed by atoms with Gasteiger partial charge in [-0.05, 0) is 42.8 Å². The Bertz CT molecular complexity index is 300. The number of likely N-dealkylation sites (N-methyl/N-ethyl adjacent to an activating group) is 1. The number of thioether (sulfide) groups is 1. The molecular formula is C14H22BrNS. The Morgan fingerprint density at radius 2 is 1.94 bits per heavy atom. The maximum absolute atomic E-state index is 3.57. The van der Waals surface area contributed by atoms with Crippen molar-refractivity contribution in [1.29, 1.82) is 0 Å². The van der Waals surface area contributed by atoms with Gasteiger partial charge in [0.1, 0.15) is 0 Å². The molecule has 1 atom stereocenters. The smallest absolute Gasteiger partial charge is 0.0198 e. The summed E-state index contributed by atoms with van der Waals surface area (Å²) in [5.74, 6) is 2.47. The Labute approximate surface area is 118 Å². The van der Waals surface area contributed by atoms with Gasteiger partial charge < -0.3 is 5.32 Å². The Morgan fingerprint density at radius 3 is 2.53 bits per heavy atom. The van der Waals surface area contributed by atoms with E-state index in [1.165, 1.54) is 23.5 Å². The molecule has 0 aliphatic heterocycles. The van der Waals surface area contributed by atoms with Gasteiger partial charge >= 0.3 is 0 Å². The molecular weight excluding hydrogens is 294 g/mol. The largest absolute Gasteiger partial charge is 0.313 e. The maximum atomic E-state index is 3.57. The normalized spacial score (nSPS) is 12.6. The maximum Gasteiger partial charge on any atom is 0.0198 e. The zero-order valence-corrected chi connectivity index (χ0v) is 13.1. The number of halogens is 1. The summed E-state index contributed by atoms with van der Waals surface area (Å²) in [6, 6.07) is 9.25. The van der Waals surface area contributed by atoms with Gasteiger partial charge in [-0.15, -0.1) is 0 Å². The second-order valence-electron chi connectivity index (χ2n) is 4.16. The molecule has 0 bridgehead atoms. The van der Waals surface area contributed by atoms with Crippen LogP contribution < -0.4 is 5.32 Å². The molecule has 1 aromatic carbocycles. The minimum Gasteiger partial charge on any atom is -0.313 e. The molecule has 0 saturated carbocycles. The zero-order valence-electron chi connectivity index (χ0n) is 10.7. The fourth-order valence-corrected chi connectivity index (χ4v) is 2.99. The average molecular weight is 316 g/mol. The molecule has 0 aliphatic carbocycles. The van der Waals surface area contributed by atoms with E-state index in [-0.39, 0.29) is 0 Å². The van der Waals surface area contributed by atoms with Crippen molar-refractivity contribution in [2.45, 2.75) is 32.7 Å². The van der Waals surface area contributed by atoms with Crippen LogP contribution in [0.1, 0.15) is 25.8 Å². The number of hydrogen-bond donors (Lipinski definition) is 1. The van der Waals surface area contributed by atoms with E-state index >= 15 is 0 Å². The zero-order chi connectivity index (χ0) is 12.5. The predicted molar refractivity (Wildman–Crippen MR) is 82.9 cm³/mol. The molecule has 0 aromatic heterocycles. The van der Waals surface area contributed by atoms with Crippen LogP contribution in [0.25, 0.3) is 0 Å². The molecule has 0 radical (unpaired) electrons. The summed E-state index contributed by atoms with van der Waals surface area (Å²) in [5, 5.41) is 3.57. The van der Waals surface area contributed by atoms with Crippen molar-refractivity contribution in [1.82, 2.24) is 5.32 Å². The monoisotopic (exact) mass is 315 g/mol. The van der Waals surface area contributed by atoms with Crippen molar-refractivity contribution in [3.05, 3.63) is 34.3 Å².